The maximum atomic E-state index is 11.8. The Hall–Kier alpha value is -0.720. The summed E-state index contributed by atoms with van der Waals surface area (Å²) >= 11 is 8.02. The first-order valence-corrected chi connectivity index (χ1v) is 7.93. The molecule has 0 spiro atoms. The largest absolute Gasteiger partial charge is 0.394 e. The van der Waals surface area contributed by atoms with E-state index in [1.54, 1.807) is 6.20 Å². The van der Waals surface area contributed by atoms with Crippen LogP contribution in [-0.2, 0) is 6.54 Å². The highest BCUT2D eigenvalue weighted by Gasteiger charge is 2.15. The number of aliphatic hydroxyl groups is 1. The lowest BCUT2D eigenvalue weighted by Gasteiger charge is -2.22. The molecule has 0 aromatic carbocycles. The molecule has 19 heavy (non-hydrogen) atoms. The fourth-order valence-corrected chi connectivity index (χ4v) is 3.46. The fraction of sp³-hybridized carbons (Fsp3) is 0.667. The predicted molar refractivity (Wildman–Crippen MR) is 79.1 cm³/mol. The molecule has 7 heteroatoms. The average Bonchev–Trinajstić information content (AvgIpc) is 2.44. The molecule has 0 unspecified atom stereocenters. The Labute approximate surface area is 121 Å². The summed E-state index contributed by atoms with van der Waals surface area (Å²) in [6.45, 7) is 0.861. The van der Waals surface area contributed by atoms with Gasteiger partial charge in [0.25, 0.3) is 5.56 Å². The highest BCUT2D eigenvalue weighted by atomic mass is 35.5. The van der Waals surface area contributed by atoms with E-state index in [9.17, 15) is 4.79 Å². The molecule has 1 aromatic rings. The molecule has 1 aliphatic rings. The second kappa shape index (κ2) is 7.17. The summed E-state index contributed by atoms with van der Waals surface area (Å²) in [6.07, 6.45) is 3.95. The van der Waals surface area contributed by atoms with Gasteiger partial charge in [-0.05, 0) is 30.3 Å². The summed E-state index contributed by atoms with van der Waals surface area (Å²) in [6, 6.07) is 0. The number of nitrogens with zero attached hydrogens (tertiary/aromatic N) is 2. The number of aromatic nitrogens is 2. The van der Waals surface area contributed by atoms with Gasteiger partial charge in [-0.3, -0.25) is 4.79 Å². The first-order valence-electron chi connectivity index (χ1n) is 6.40. The number of halogens is 1. The van der Waals surface area contributed by atoms with Crippen LogP contribution in [0.1, 0.15) is 12.8 Å². The minimum Gasteiger partial charge on any atom is -0.394 e. The van der Waals surface area contributed by atoms with E-state index in [-0.39, 0.29) is 23.7 Å². The van der Waals surface area contributed by atoms with Crippen LogP contribution < -0.4 is 10.9 Å². The number of anilines is 1. The zero-order chi connectivity index (χ0) is 13.7. The Bertz CT molecular complexity index is 475. The van der Waals surface area contributed by atoms with Crippen LogP contribution in [0.25, 0.3) is 0 Å². The maximum absolute atomic E-state index is 11.8. The van der Waals surface area contributed by atoms with Gasteiger partial charge in [0.1, 0.15) is 5.02 Å². The van der Waals surface area contributed by atoms with Crippen LogP contribution in [0.4, 0.5) is 5.69 Å². The average molecular weight is 304 g/mol. The van der Waals surface area contributed by atoms with Crippen LogP contribution in [0.2, 0.25) is 5.02 Å². The number of hydrogen-bond acceptors (Lipinski definition) is 5. The molecule has 0 bridgehead atoms. The molecule has 0 radical (unpaired) electrons. The molecule has 2 heterocycles. The van der Waals surface area contributed by atoms with Gasteiger partial charge in [0.15, 0.2) is 0 Å². The van der Waals surface area contributed by atoms with Crippen molar-refractivity contribution in [2.24, 2.45) is 5.92 Å². The van der Waals surface area contributed by atoms with E-state index in [4.69, 9.17) is 16.7 Å². The minimum atomic E-state index is -0.361. The number of hydrogen-bond donors (Lipinski definition) is 2. The lowest BCUT2D eigenvalue weighted by Crippen LogP contribution is -2.26. The number of nitrogens with one attached hydrogen (secondary N) is 1. The molecular formula is C12H18ClN3O2S. The third-order valence-electron chi connectivity index (χ3n) is 3.22. The smallest absolute Gasteiger partial charge is 0.287 e. The number of aliphatic hydroxyl groups excluding tert-OH is 1. The van der Waals surface area contributed by atoms with Crippen molar-refractivity contribution in [1.29, 1.82) is 0 Å². The van der Waals surface area contributed by atoms with E-state index in [0.29, 0.717) is 11.6 Å². The Morgan fingerprint density at radius 2 is 2.26 bits per heavy atom. The monoisotopic (exact) mass is 303 g/mol. The number of thioether (sulfide) groups is 1. The van der Waals surface area contributed by atoms with Crippen molar-refractivity contribution < 1.29 is 5.11 Å². The van der Waals surface area contributed by atoms with E-state index in [2.05, 4.69) is 10.4 Å². The van der Waals surface area contributed by atoms with Crippen LogP contribution >= 0.6 is 23.4 Å². The molecule has 0 aliphatic carbocycles. The summed E-state index contributed by atoms with van der Waals surface area (Å²) < 4.78 is 1.17. The second-order valence-corrected chi connectivity index (χ2v) is 6.16. The van der Waals surface area contributed by atoms with Gasteiger partial charge in [-0.1, -0.05) is 11.6 Å². The van der Waals surface area contributed by atoms with E-state index < -0.39 is 0 Å². The quantitative estimate of drug-likeness (QED) is 0.862. The zero-order valence-electron chi connectivity index (χ0n) is 10.6. The molecule has 1 aliphatic heterocycles. The molecular weight excluding hydrogens is 286 g/mol. The van der Waals surface area contributed by atoms with E-state index in [1.165, 1.54) is 29.0 Å². The maximum Gasteiger partial charge on any atom is 0.287 e. The molecule has 1 fully saturated rings. The second-order valence-electron chi connectivity index (χ2n) is 4.56. The zero-order valence-corrected chi connectivity index (χ0v) is 12.2. The van der Waals surface area contributed by atoms with Crippen LogP contribution in [0, 0.1) is 5.92 Å². The highest BCUT2D eigenvalue weighted by molar-refractivity contribution is 7.99. The molecule has 106 valence electrons. The van der Waals surface area contributed by atoms with Crippen molar-refractivity contribution in [3.8, 4) is 0 Å². The SMILES string of the molecule is O=c1c(Cl)c(NCC2CCSCC2)cnn1CCO. The summed E-state index contributed by atoms with van der Waals surface area (Å²) in [4.78, 5) is 11.8. The lowest BCUT2D eigenvalue weighted by atomic mass is 10.0. The molecule has 2 rings (SSSR count). The Morgan fingerprint density at radius 3 is 2.95 bits per heavy atom. The van der Waals surface area contributed by atoms with E-state index >= 15 is 0 Å². The molecule has 0 atom stereocenters. The third-order valence-corrected chi connectivity index (χ3v) is 4.63. The van der Waals surface area contributed by atoms with Gasteiger partial charge >= 0.3 is 0 Å². The van der Waals surface area contributed by atoms with Crippen molar-refractivity contribution in [2.75, 3.05) is 30.0 Å². The molecule has 0 amide bonds. The van der Waals surface area contributed by atoms with E-state index in [0.717, 1.165) is 6.54 Å². The van der Waals surface area contributed by atoms with Gasteiger partial charge in [0.05, 0.1) is 25.0 Å². The van der Waals surface area contributed by atoms with Crippen LogP contribution in [0.15, 0.2) is 11.0 Å². The van der Waals surface area contributed by atoms with Gasteiger partial charge < -0.3 is 10.4 Å². The molecule has 5 nitrogen and oxygen atoms in total. The van der Waals surface area contributed by atoms with Crippen molar-refractivity contribution in [3.05, 3.63) is 21.6 Å². The summed E-state index contributed by atoms with van der Waals surface area (Å²) in [7, 11) is 0. The van der Waals surface area contributed by atoms with Gasteiger partial charge in [0, 0.05) is 6.54 Å². The highest BCUT2D eigenvalue weighted by Crippen LogP contribution is 2.24. The third kappa shape index (κ3) is 3.87. The summed E-state index contributed by atoms with van der Waals surface area (Å²) in [5.74, 6) is 3.05. The van der Waals surface area contributed by atoms with Crippen molar-refractivity contribution in [3.63, 3.8) is 0 Å². The van der Waals surface area contributed by atoms with Gasteiger partial charge in [-0.2, -0.15) is 16.9 Å². The van der Waals surface area contributed by atoms with Crippen LogP contribution in [0.5, 0.6) is 0 Å². The minimum absolute atomic E-state index is 0.129. The Balaban J connectivity index is 2.00. The standard InChI is InChI=1S/C12H18ClN3O2S/c13-11-10(8-15-16(3-4-17)12(11)18)14-7-9-1-5-19-6-2-9/h8-9,14,17H,1-7H2. The molecule has 0 saturated carbocycles. The first-order chi connectivity index (χ1) is 9.22. The number of rotatable bonds is 5. The fourth-order valence-electron chi connectivity index (χ4n) is 2.05. The molecule has 2 N–H and O–H groups in total. The van der Waals surface area contributed by atoms with Crippen molar-refractivity contribution in [1.82, 2.24) is 9.78 Å². The van der Waals surface area contributed by atoms with Gasteiger partial charge in [-0.25, -0.2) is 4.68 Å². The molecule has 1 aromatic heterocycles. The van der Waals surface area contributed by atoms with E-state index in [1.807, 2.05) is 11.8 Å². The topological polar surface area (TPSA) is 67.2 Å². The Kier molecular flexibility index (Phi) is 5.54. The lowest BCUT2D eigenvalue weighted by molar-refractivity contribution is 0.266. The van der Waals surface area contributed by atoms with Gasteiger partial charge in [-0.15, -0.1) is 0 Å². The Morgan fingerprint density at radius 1 is 1.53 bits per heavy atom. The summed E-state index contributed by atoms with van der Waals surface area (Å²) in [5.41, 5.74) is 0.221. The predicted octanol–water partition coefficient (Wildman–Crippen LogP) is 1.44. The van der Waals surface area contributed by atoms with Crippen LogP contribution in [-0.4, -0.2) is 39.5 Å². The molecule has 1 saturated heterocycles. The van der Waals surface area contributed by atoms with Crippen molar-refractivity contribution in [2.45, 2.75) is 19.4 Å². The first kappa shape index (κ1) is 14.7. The van der Waals surface area contributed by atoms with Crippen molar-refractivity contribution >= 4 is 29.1 Å². The normalized spacial score (nSPS) is 16.5. The summed E-state index contributed by atoms with van der Waals surface area (Å²) in [5, 5.41) is 16.2. The van der Waals surface area contributed by atoms with Gasteiger partial charge in [0.2, 0.25) is 0 Å². The van der Waals surface area contributed by atoms with Crippen LogP contribution in [0.3, 0.4) is 0 Å².